The van der Waals surface area contributed by atoms with Gasteiger partial charge in [-0.2, -0.15) is 0 Å². The highest BCUT2D eigenvalue weighted by molar-refractivity contribution is 7.90. The lowest BCUT2D eigenvalue weighted by atomic mass is 10.0. The van der Waals surface area contributed by atoms with E-state index in [-0.39, 0.29) is 18.1 Å². The molecule has 36 heavy (non-hydrogen) atoms. The molecule has 188 valence electrons. The topological polar surface area (TPSA) is 114 Å². The van der Waals surface area contributed by atoms with Crippen molar-refractivity contribution in [2.45, 2.75) is 31.2 Å². The largest absolute Gasteiger partial charge is 0.454 e. The molecule has 0 radical (unpaired) electrons. The lowest BCUT2D eigenvalue weighted by Crippen LogP contribution is -2.52. The molecule has 3 amide bonds. The minimum atomic E-state index is -4.14. The maximum atomic E-state index is 13.5. The molecule has 10 heteroatoms. The molecule has 0 bridgehead atoms. The summed E-state index contributed by atoms with van der Waals surface area (Å²) < 4.78 is 38.3. The highest BCUT2D eigenvalue weighted by atomic mass is 32.2. The van der Waals surface area contributed by atoms with E-state index in [1.165, 1.54) is 11.0 Å². The standard InChI is InChI=1S/C26H27N3O6S/c1-17-8-10-19(11-9-17)14-21(25(30)29(3)20-12-13-22-23(15-20)35-16-34-22)27-26(31)28-36(32,33)24-7-5-4-6-18(24)2/h4-13,15,21H,14,16H2,1-3H3,(H2,27,28,31). The first-order valence-corrected chi connectivity index (χ1v) is 12.7. The number of carbonyl (C=O) groups excluding carboxylic acids is 2. The number of likely N-dealkylation sites (N-methyl/N-ethyl adjacent to an activating group) is 1. The molecule has 1 unspecified atom stereocenters. The normalized spacial score (nSPS) is 13.1. The van der Waals surface area contributed by atoms with Crippen LogP contribution in [0.3, 0.4) is 0 Å². The van der Waals surface area contributed by atoms with Gasteiger partial charge in [0.2, 0.25) is 12.7 Å². The third-order valence-electron chi connectivity index (χ3n) is 5.85. The van der Waals surface area contributed by atoms with Gasteiger partial charge in [0, 0.05) is 25.2 Å². The summed E-state index contributed by atoms with van der Waals surface area (Å²) in [5.74, 6) is 0.657. The number of aryl methyl sites for hydroxylation is 2. The molecule has 0 aromatic heterocycles. The molecular weight excluding hydrogens is 482 g/mol. The van der Waals surface area contributed by atoms with Crippen molar-refractivity contribution in [3.05, 3.63) is 83.4 Å². The van der Waals surface area contributed by atoms with Gasteiger partial charge in [-0.1, -0.05) is 48.0 Å². The molecular formula is C26H27N3O6S. The van der Waals surface area contributed by atoms with E-state index in [1.807, 2.05) is 35.9 Å². The third-order valence-corrected chi connectivity index (χ3v) is 7.34. The smallest absolute Gasteiger partial charge is 0.329 e. The number of ether oxygens (including phenoxy) is 2. The molecule has 4 rings (SSSR count). The highest BCUT2D eigenvalue weighted by Crippen LogP contribution is 2.35. The molecule has 1 atom stereocenters. The van der Waals surface area contributed by atoms with Gasteiger partial charge in [-0.25, -0.2) is 17.9 Å². The second kappa shape index (κ2) is 10.3. The number of fused-ring (bicyclic) bond motifs is 1. The summed E-state index contributed by atoms with van der Waals surface area (Å²) in [7, 11) is -2.56. The number of rotatable bonds is 7. The van der Waals surface area contributed by atoms with Crippen LogP contribution in [0.25, 0.3) is 0 Å². The van der Waals surface area contributed by atoms with Crippen molar-refractivity contribution in [2.75, 3.05) is 18.7 Å². The minimum Gasteiger partial charge on any atom is -0.454 e. The zero-order valence-corrected chi connectivity index (χ0v) is 21.0. The molecule has 0 fully saturated rings. The number of anilines is 1. The number of hydrogen-bond donors (Lipinski definition) is 2. The van der Waals surface area contributed by atoms with Crippen molar-refractivity contribution in [1.82, 2.24) is 10.0 Å². The van der Waals surface area contributed by atoms with Crippen LogP contribution in [0.1, 0.15) is 16.7 Å². The summed E-state index contributed by atoms with van der Waals surface area (Å²) in [5, 5.41) is 2.55. The van der Waals surface area contributed by atoms with E-state index >= 15 is 0 Å². The number of hydrogen-bond acceptors (Lipinski definition) is 6. The number of nitrogens with zero attached hydrogens (tertiary/aromatic N) is 1. The number of sulfonamides is 1. The molecule has 0 aliphatic carbocycles. The van der Waals surface area contributed by atoms with Crippen LogP contribution in [0.2, 0.25) is 0 Å². The first-order chi connectivity index (χ1) is 17.1. The second-order valence-corrected chi connectivity index (χ2v) is 10.2. The Morgan fingerprint density at radius 3 is 2.39 bits per heavy atom. The molecule has 0 saturated heterocycles. The number of benzene rings is 3. The lowest BCUT2D eigenvalue weighted by Gasteiger charge is -2.25. The van der Waals surface area contributed by atoms with Crippen LogP contribution in [0.5, 0.6) is 11.5 Å². The number of nitrogens with one attached hydrogen (secondary N) is 2. The molecule has 3 aromatic rings. The fourth-order valence-corrected chi connectivity index (χ4v) is 5.00. The van der Waals surface area contributed by atoms with E-state index in [0.717, 1.165) is 11.1 Å². The van der Waals surface area contributed by atoms with Crippen molar-refractivity contribution < 1.29 is 27.5 Å². The first-order valence-electron chi connectivity index (χ1n) is 11.3. The van der Waals surface area contributed by atoms with Gasteiger partial charge in [0.25, 0.3) is 10.0 Å². The van der Waals surface area contributed by atoms with E-state index in [9.17, 15) is 18.0 Å². The average molecular weight is 510 g/mol. The van der Waals surface area contributed by atoms with Crippen LogP contribution in [0.4, 0.5) is 10.5 Å². The summed E-state index contributed by atoms with van der Waals surface area (Å²) in [6, 6.07) is 16.9. The molecule has 3 aromatic carbocycles. The van der Waals surface area contributed by atoms with Crippen LogP contribution in [-0.4, -0.2) is 40.2 Å². The molecule has 0 spiro atoms. The molecule has 1 heterocycles. The molecule has 1 aliphatic heterocycles. The maximum absolute atomic E-state index is 13.5. The van der Waals surface area contributed by atoms with Gasteiger partial charge in [0.1, 0.15) is 6.04 Å². The predicted octanol–water partition coefficient (Wildman–Crippen LogP) is 3.29. The number of amides is 3. The Bertz CT molecular complexity index is 1390. The van der Waals surface area contributed by atoms with Crippen LogP contribution in [-0.2, 0) is 21.2 Å². The fourth-order valence-electron chi connectivity index (χ4n) is 3.84. The van der Waals surface area contributed by atoms with Gasteiger partial charge in [-0.15, -0.1) is 0 Å². The van der Waals surface area contributed by atoms with E-state index in [1.54, 1.807) is 50.4 Å². The van der Waals surface area contributed by atoms with Crippen LogP contribution in [0, 0.1) is 13.8 Å². The van der Waals surface area contributed by atoms with Crippen molar-refractivity contribution in [1.29, 1.82) is 0 Å². The SMILES string of the molecule is Cc1ccc(CC(NC(=O)NS(=O)(=O)c2ccccc2C)C(=O)N(C)c2ccc3c(c2)OCO3)cc1. The van der Waals surface area contributed by atoms with Gasteiger partial charge in [-0.05, 0) is 43.2 Å². The summed E-state index contributed by atoms with van der Waals surface area (Å²) in [6.45, 7) is 3.68. The average Bonchev–Trinajstić information content (AvgIpc) is 3.32. The van der Waals surface area contributed by atoms with Crippen LogP contribution in [0.15, 0.2) is 71.6 Å². The van der Waals surface area contributed by atoms with Gasteiger partial charge < -0.3 is 19.7 Å². The number of urea groups is 1. The summed E-state index contributed by atoms with van der Waals surface area (Å²) in [6.07, 6.45) is 0.159. The summed E-state index contributed by atoms with van der Waals surface area (Å²) in [4.78, 5) is 27.7. The van der Waals surface area contributed by atoms with E-state index in [2.05, 4.69) is 5.32 Å². The second-order valence-electron chi connectivity index (χ2n) is 8.52. The molecule has 2 N–H and O–H groups in total. The molecule has 0 saturated carbocycles. The lowest BCUT2D eigenvalue weighted by molar-refractivity contribution is -0.120. The van der Waals surface area contributed by atoms with E-state index in [4.69, 9.17) is 9.47 Å². The van der Waals surface area contributed by atoms with Gasteiger partial charge >= 0.3 is 6.03 Å². The van der Waals surface area contributed by atoms with E-state index in [0.29, 0.717) is 22.7 Å². The monoisotopic (exact) mass is 509 g/mol. The van der Waals surface area contributed by atoms with Crippen LogP contribution < -0.4 is 24.4 Å². The Labute approximate surface area is 210 Å². The van der Waals surface area contributed by atoms with Crippen molar-refractivity contribution in [2.24, 2.45) is 0 Å². The first kappa shape index (κ1) is 25.1. The highest BCUT2D eigenvalue weighted by Gasteiger charge is 2.28. The predicted molar refractivity (Wildman–Crippen MR) is 135 cm³/mol. The summed E-state index contributed by atoms with van der Waals surface area (Å²) in [5.41, 5.74) is 2.88. The third kappa shape index (κ3) is 5.60. The number of carbonyl (C=O) groups is 2. The Balaban J connectivity index is 1.56. The van der Waals surface area contributed by atoms with E-state index < -0.39 is 28.0 Å². The zero-order valence-electron chi connectivity index (χ0n) is 20.1. The van der Waals surface area contributed by atoms with Gasteiger partial charge in [-0.3, -0.25) is 4.79 Å². The zero-order chi connectivity index (χ0) is 25.9. The molecule has 1 aliphatic rings. The molecule has 9 nitrogen and oxygen atoms in total. The quantitative estimate of drug-likeness (QED) is 0.505. The van der Waals surface area contributed by atoms with Crippen molar-refractivity contribution in [3.8, 4) is 11.5 Å². The van der Waals surface area contributed by atoms with Gasteiger partial charge in [0.15, 0.2) is 11.5 Å². The fraction of sp³-hybridized carbons (Fsp3) is 0.231. The maximum Gasteiger partial charge on any atom is 0.329 e. The Morgan fingerprint density at radius 2 is 1.67 bits per heavy atom. The minimum absolute atomic E-state index is 0.0148. The van der Waals surface area contributed by atoms with Crippen LogP contribution >= 0.6 is 0 Å². The van der Waals surface area contributed by atoms with Gasteiger partial charge in [0.05, 0.1) is 4.90 Å². The Hall–Kier alpha value is -4.05. The van der Waals surface area contributed by atoms with Crippen molar-refractivity contribution >= 4 is 27.6 Å². The Morgan fingerprint density at radius 1 is 0.972 bits per heavy atom. The van der Waals surface area contributed by atoms with Crippen molar-refractivity contribution in [3.63, 3.8) is 0 Å². The Kier molecular flexibility index (Phi) is 7.16. The summed E-state index contributed by atoms with van der Waals surface area (Å²) >= 11 is 0.